The first-order chi connectivity index (χ1) is 48.1. The second-order valence-corrected chi connectivity index (χ2v) is 20.0. The minimum atomic E-state index is -1.68. The van der Waals surface area contributed by atoms with Crippen LogP contribution in [0.4, 0.5) is 0 Å². The topological polar surface area (TPSA) is 784 Å². The first kappa shape index (κ1) is 89.6. The summed E-state index contributed by atoms with van der Waals surface area (Å²) in [6.07, 6.45) is 0. The predicted octanol–water partition coefficient (Wildman–Crippen LogP) is -22.6. The van der Waals surface area contributed by atoms with Crippen molar-refractivity contribution in [1.82, 2.24) is 117 Å². The molecular weight excluding hydrogens is 1380 g/mol. The van der Waals surface area contributed by atoms with Gasteiger partial charge in [0.25, 0.3) is 0 Å². The molecular formula is C51H81N23O28. The van der Waals surface area contributed by atoms with E-state index in [9.17, 15) is 126 Å². The normalized spacial score (nSPS) is 11.7. The molecule has 0 aromatic heterocycles. The SMILES string of the molecule is C[C@H](NC(=O)CN)C(=O)NCC(=O)NCC(=O)NCC(=O)NCC(=O)N[C@@H](CO)C(=O)NCC(=O)NCC(=O)NCC(=O)NCC(=O)N[C@@H](CO)C(=O)NCC(=O)NCC(=O)NCC(=O)NCC(=O)N[C@@H](CO)C(=O)NCC(=O)NCC(=O)NCC(=O)NCC(=O)NCC(=O)N[C@@H](CO)C(=O)O. The molecule has 0 spiro atoms. The summed E-state index contributed by atoms with van der Waals surface area (Å²) in [4.78, 5) is 277. The number of nitrogens with two attached hydrogens (primary N) is 1. The third kappa shape index (κ3) is 43.7. The number of hydrogen-bond acceptors (Lipinski definition) is 28. The fourth-order valence-corrected chi connectivity index (χ4v) is 6.45. The summed E-state index contributed by atoms with van der Waals surface area (Å²) in [5.41, 5.74) is 5.14. The number of carboxylic acids is 1. The summed E-state index contributed by atoms with van der Waals surface area (Å²) >= 11 is 0. The molecule has 51 nitrogen and oxygen atoms in total. The van der Waals surface area contributed by atoms with Gasteiger partial charge in [0.1, 0.15) is 30.2 Å². The van der Waals surface area contributed by atoms with E-state index in [0.29, 0.717) is 0 Å². The quantitative estimate of drug-likeness (QED) is 0.0269. The summed E-state index contributed by atoms with van der Waals surface area (Å²) < 4.78 is 0. The van der Waals surface area contributed by atoms with Crippen LogP contribution in [-0.2, 0) is 110 Å². The fraction of sp³-hybridized carbons (Fsp3) is 0.549. The third-order valence-corrected chi connectivity index (χ3v) is 11.8. The third-order valence-electron chi connectivity index (χ3n) is 11.8. The van der Waals surface area contributed by atoms with E-state index in [-0.39, 0.29) is 6.54 Å². The van der Waals surface area contributed by atoms with E-state index < -0.39 is 304 Å². The smallest absolute Gasteiger partial charge is 0.328 e. The number of aliphatic hydroxyl groups excluding tert-OH is 4. The maximum Gasteiger partial charge on any atom is 0.328 e. The average molecular weight is 1460 g/mol. The van der Waals surface area contributed by atoms with Crippen LogP contribution >= 0.6 is 0 Å². The van der Waals surface area contributed by atoms with Crippen LogP contribution in [0.1, 0.15) is 6.92 Å². The first-order valence-corrected chi connectivity index (χ1v) is 29.6. The zero-order valence-corrected chi connectivity index (χ0v) is 54.1. The average Bonchev–Trinajstić information content (AvgIpc) is 0.951. The van der Waals surface area contributed by atoms with Gasteiger partial charge in [-0.05, 0) is 6.92 Å². The van der Waals surface area contributed by atoms with Gasteiger partial charge in [-0.25, -0.2) is 4.79 Å². The molecule has 0 aliphatic carbocycles. The summed E-state index contributed by atoms with van der Waals surface area (Å²) in [5.74, 6) is -22.1. The Morgan fingerprint density at radius 2 is 0.382 bits per heavy atom. The van der Waals surface area contributed by atoms with Crippen molar-refractivity contribution in [3.05, 3.63) is 0 Å². The van der Waals surface area contributed by atoms with E-state index in [1.54, 1.807) is 0 Å². The van der Waals surface area contributed by atoms with Gasteiger partial charge in [-0.2, -0.15) is 0 Å². The Kier molecular flexibility index (Phi) is 44.7. The van der Waals surface area contributed by atoms with E-state index >= 15 is 0 Å². The molecule has 0 unspecified atom stereocenters. The Hall–Kier alpha value is -12.4. The molecule has 0 aromatic rings. The van der Waals surface area contributed by atoms with Gasteiger partial charge in [0.2, 0.25) is 130 Å². The van der Waals surface area contributed by atoms with Gasteiger partial charge in [-0.3, -0.25) is 105 Å². The molecule has 29 N–H and O–H groups in total. The summed E-state index contributed by atoms with van der Waals surface area (Å²) in [6, 6.07) is -7.59. The number of aliphatic hydroxyl groups is 4. The molecule has 0 saturated heterocycles. The molecule has 102 heavy (non-hydrogen) atoms. The van der Waals surface area contributed by atoms with E-state index in [1.165, 1.54) is 6.92 Å². The molecule has 0 heterocycles. The second kappa shape index (κ2) is 50.9. The van der Waals surface area contributed by atoms with Crippen LogP contribution < -0.4 is 123 Å². The highest BCUT2D eigenvalue weighted by molar-refractivity contribution is 5.98. The molecule has 0 radical (unpaired) electrons. The van der Waals surface area contributed by atoms with E-state index in [0.717, 1.165) is 0 Å². The van der Waals surface area contributed by atoms with Gasteiger partial charge >= 0.3 is 5.97 Å². The van der Waals surface area contributed by atoms with Crippen LogP contribution in [0.3, 0.4) is 0 Å². The lowest BCUT2D eigenvalue weighted by Crippen LogP contribution is -2.53. The Labute approximate surface area is 574 Å². The Morgan fingerprint density at radius 3 is 0.549 bits per heavy atom. The highest BCUT2D eigenvalue weighted by Gasteiger charge is 2.26. The van der Waals surface area contributed by atoms with E-state index in [4.69, 9.17) is 15.9 Å². The van der Waals surface area contributed by atoms with Crippen molar-refractivity contribution in [1.29, 1.82) is 0 Å². The van der Waals surface area contributed by atoms with Crippen LogP contribution in [0.15, 0.2) is 0 Å². The predicted molar refractivity (Wildman–Crippen MR) is 332 cm³/mol. The van der Waals surface area contributed by atoms with Crippen LogP contribution in [0.2, 0.25) is 0 Å². The second-order valence-electron chi connectivity index (χ2n) is 20.0. The summed E-state index contributed by atoms with van der Waals surface area (Å²) in [6.45, 7) is -15.3. The van der Waals surface area contributed by atoms with Crippen LogP contribution in [0.5, 0.6) is 0 Å². The molecule has 5 atom stereocenters. The van der Waals surface area contributed by atoms with Gasteiger partial charge in [-0.15, -0.1) is 0 Å². The monoisotopic (exact) mass is 1460 g/mol. The Bertz CT molecular complexity index is 3060. The molecule has 51 heteroatoms. The van der Waals surface area contributed by atoms with Crippen LogP contribution in [0, 0.1) is 0 Å². The molecule has 0 rings (SSSR count). The lowest BCUT2D eigenvalue weighted by atomic mass is 10.3. The van der Waals surface area contributed by atoms with Crippen molar-refractivity contribution in [2.24, 2.45) is 5.73 Å². The number of nitrogens with one attached hydrogen (secondary N) is 22. The van der Waals surface area contributed by atoms with Gasteiger partial charge < -0.3 is 148 Å². The number of carbonyl (C=O) groups excluding carboxylic acids is 22. The Balaban J connectivity index is 4.43. The first-order valence-electron chi connectivity index (χ1n) is 29.6. The van der Waals surface area contributed by atoms with Crippen molar-refractivity contribution in [3.8, 4) is 0 Å². The van der Waals surface area contributed by atoms with Crippen molar-refractivity contribution in [2.45, 2.75) is 37.1 Å². The fourth-order valence-electron chi connectivity index (χ4n) is 6.45. The maximum atomic E-state index is 12.5. The number of carbonyl (C=O) groups is 23. The number of hydrogen-bond donors (Lipinski definition) is 28. The molecule has 0 bridgehead atoms. The number of amides is 22. The highest BCUT2D eigenvalue weighted by Crippen LogP contribution is 1.89. The van der Waals surface area contributed by atoms with Crippen molar-refractivity contribution in [3.63, 3.8) is 0 Å². The minimum absolute atomic E-state index is 0.364. The van der Waals surface area contributed by atoms with Gasteiger partial charge in [0.05, 0.1) is 144 Å². The molecule has 568 valence electrons. The number of rotatable bonds is 49. The number of aliphatic carboxylic acids is 1. The molecule has 0 saturated carbocycles. The zero-order valence-electron chi connectivity index (χ0n) is 54.1. The molecule has 0 aliphatic heterocycles. The summed E-state index contributed by atoms with van der Waals surface area (Å²) in [5, 5.41) is 92.6. The van der Waals surface area contributed by atoms with Crippen molar-refractivity contribution < 1.29 is 136 Å². The number of carboxylic acid groups (broad SMARTS) is 1. The van der Waals surface area contributed by atoms with E-state index in [2.05, 4.69) is 112 Å². The van der Waals surface area contributed by atoms with Crippen LogP contribution in [-0.4, -0.2) is 336 Å². The van der Waals surface area contributed by atoms with E-state index in [1.807, 2.05) is 5.32 Å². The van der Waals surface area contributed by atoms with Gasteiger partial charge in [-0.1, -0.05) is 0 Å². The van der Waals surface area contributed by atoms with Crippen molar-refractivity contribution >= 4 is 136 Å². The van der Waals surface area contributed by atoms with Crippen LogP contribution in [0.25, 0.3) is 0 Å². The Morgan fingerprint density at radius 1 is 0.225 bits per heavy atom. The minimum Gasteiger partial charge on any atom is -0.480 e. The highest BCUT2D eigenvalue weighted by atomic mass is 16.4. The lowest BCUT2D eigenvalue weighted by molar-refractivity contribution is -0.143. The van der Waals surface area contributed by atoms with Crippen molar-refractivity contribution in [2.75, 3.05) is 144 Å². The molecule has 0 aromatic carbocycles. The van der Waals surface area contributed by atoms with Gasteiger partial charge in [0.15, 0.2) is 0 Å². The standard InChI is InChI=1S/C51H81N23O28/c1-24(70-29(79)2-52)47(97)66-12-39(89)58-4-31(81)55-8-35(85)62-16-43(93)71-26(21-76)49(99)68-14-41(91)60-6-33(83)57-10-37(87)64-18-45(95)73-27(22-77)50(100)69-15-42(92)61-7-34(84)56-9-36(86)63-17-44(94)72-25(20-75)48(98)67-13-40(90)59-5-32(82)53-3-30(80)54-11-38(88)65-19-46(96)74-28(23-78)51(101)102/h24-28,75-78H,2-23,52H2,1H3,(H,53,82)(H,54,80)(H,55,81)(H,56,84)(H,57,83)(H,58,89)(H,59,90)(H,60,91)(H,61,92)(H,62,85)(H,63,86)(H,64,87)(H,65,88)(H,66,97)(H,67,98)(H,68,99)(H,69,100)(H,70,79)(H,71,93)(H,72,94)(H,73,95)(H,74,96)(H,101,102)/t24-,25-,26-,27-,28-/m0/s1. The molecule has 22 amide bonds. The largest absolute Gasteiger partial charge is 0.480 e. The van der Waals surface area contributed by atoms with Gasteiger partial charge in [0, 0.05) is 0 Å². The molecule has 0 aliphatic rings. The maximum absolute atomic E-state index is 12.5. The lowest BCUT2D eigenvalue weighted by Gasteiger charge is -2.17. The summed E-state index contributed by atoms with van der Waals surface area (Å²) in [7, 11) is 0. The zero-order chi connectivity index (χ0) is 77.3. The molecule has 0 fully saturated rings.